The third kappa shape index (κ3) is 2.03. The van der Waals surface area contributed by atoms with Crippen LogP contribution in [0.4, 0.5) is 0 Å². The molecule has 1 aromatic carbocycles. The molecular weight excluding hydrogens is 254 g/mol. The summed E-state index contributed by atoms with van der Waals surface area (Å²) in [4.78, 5) is 4.59. The Balaban J connectivity index is 1.59. The van der Waals surface area contributed by atoms with E-state index in [-0.39, 0.29) is 12.0 Å². The molecule has 1 aliphatic heterocycles. The van der Waals surface area contributed by atoms with Crippen molar-refractivity contribution in [3.05, 3.63) is 47.1 Å². The van der Waals surface area contributed by atoms with E-state index >= 15 is 0 Å². The van der Waals surface area contributed by atoms with E-state index in [0.29, 0.717) is 12.5 Å². The Kier molecular flexibility index (Phi) is 3.01. The second-order valence-corrected chi connectivity index (χ2v) is 5.36. The van der Waals surface area contributed by atoms with E-state index in [1.165, 1.54) is 11.1 Å². The van der Waals surface area contributed by atoms with Crippen molar-refractivity contribution in [1.29, 1.82) is 0 Å². The van der Waals surface area contributed by atoms with Crippen LogP contribution in [-0.2, 0) is 11.2 Å². The minimum absolute atomic E-state index is 0.0293. The van der Waals surface area contributed by atoms with Gasteiger partial charge in [-0.05, 0) is 24.0 Å². The van der Waals surface area contributed by atoms with E-state index in [4.69, 9.17) is 9.26 Å². The monoisotopic (exact) mass is 271 g/mol. The molecule has 1 aromatic heterocycles. The first-order valence-electron chi connectivity index (χ1n) is 7.14. The van der Waals surface area contributed by atoms with Crippen molar-refractivity contribution < 1.29 is 9.26 Å². The third-order valence-corrected chi connectivity index (χ3v) is 4.12. The van der Waals surface area contributed by atoms with Gasteiger partial charge in [-0.3, -0.25) is 0 Å². The van der Waals surface area contributed by atoms with Gasteiger partial charge in [-0.15, -0.1) is 0 Å². The maximum Gasteiger partial charge on any atom is 0.246 e. The van der Waals surface area contributed by atoms with Gasteiger partial charge in [0, 0.05) is 12.5 Å². The average Bonchev–Trinajstić information content (AvgIpc) is 3.14. The summed E-state index contributed by atoms with van der Waals surface area (Å²) in [7, 11) is 0. The summed E-state index contributed by atoms with van der Waals surface area (Å²) in [6.07, 6.45) is 2.16. The van der Waals surface area contributed by atoms with Crippen LogP contribution >= 0.6 is 0 Å². The lowest BCUT2D eigenvalue weighted by Gasteiger charge is -2.20. The Bertz CT molecular complexity index is 605. The highest BCUT2D eigenvalue weighted by Gasteiger charge is 2.29. The highest BCUT2D eigenvalue weighted by Crippen LogP contribution is 2.36. The normalized spacial score (nSPS) is 25.6. The van der Waals surface area contributed by atoms with Gasteiger partial charge < -0.3 is 14.6 Å². The molecule has 1 saturated heterocycles. The van der Waals surface area contributed by atoms with Crippen LogP contribution in [-0.4, -0.2) is 29.9 Å². The summed E-state index contributed by atoms with van der Waals surface area (Å²) >= 11 is 0. The SMILES string of the molecule is c1ccc2c(c1)CCC2c1noc(C2COCCN2)n1. The van der Waals surface area contributed by atoms with Gasteiger partial charge in [0.05, 0.1) is 13.2 Å². The topological polar surface area (TPSA) is 60.2 Å². The number of ether oxygens (including phenoxy) is 1. The Morgan fingerprint density at radius 3 is 3.10 bits per heavy atom. The quantitative estimate of drug-likeness (QED) is 0.902. The van der Waals surface area contributed by atoms with Crippen molar-refractivity contribution in [3.8, 4) is 0 Å². The summed E-state index contributed by atoms with van der Waals surface area (Å²) in [5.74, 6) is 1.72. The molecule has 5 heteroatoms. The molecule has 2 atom stereocenters. The van der Waals surface area contributed by atoms with Crippen LogP contribution in [0.2, 0.25) is 0 Å². The summed E-state index contributed by atoms with van der Waals surface area (Å²) in [6.45, 7) is 2.17. The molecule has 0 saturated carbocycles. The van der Waals surface area contributed by atoms with Crippen LogP contribution in [0, 0.1) is 0 Å². The van der Waals surface area contributed by atoms with Crippen LogP contribution in [0.25, 0.3) is 0 Å². The number of morpholine rings is 1. The summed E-state index contributed by atoms with van der Waals surface area (Å²) in [5.41, 5.74) is 2.75. The van der Waals surface area contributed by atoms with E-state index in [1.54, 1.807) is 0 Å². The summed E-state index contributed by atoms with van der Waals surface area (Å²) in [6, 6.07) is 8.56. The van der Waals surface area contributed by atoms with Gasteiger partial charge >= 0.3 is 0 Å². The van der Waals surface area contributed by atoms with E-state index in [1.807, 2.05) is 0 Å². The second kappa shape index (κ2) is 5.00. The maximum absolute atomic E-state index is 5.44. The first-order chi connectivity index (χ1) is 9.92. The largest absolute Gasteiger partial charge is 0.378 e. The predicted octanol–water partition coefficient (Wildman–Crippen LogP) is 1.81. The number of hydrogen-bond donors (Lipinski definition) is 1. The molecule has 2 heterocycles. The van der Waals surface area contributed by atoms with Gasteiger partial charge in [0.15, 0.2) is 5.82 Å². The van der Waals surface area contributed by atoms with Crippen LogP contribution in [0.15, 0.2) is 28.8 Å². The van der Waals surface area contributed by atoms with Crippen molar-refractivity contribution in [2.24, 2.45) is 0 Å². The molecule has 1 N–H and O–H groups in total. The molecule has 1 fully saturated rings. The molecule has 5 nitrogen and oxygen atoms in total. The lowest BCUT2D eigenvalue weighted by molar-refractivity contribution is 0.0659. The van der Waals surface area contributed by atoms with Crippen molar-refractivity contribution in [2.45, 2.75) is 24.8 Å². The number of fused-ring (bicyclic) bond motifs is 1. The Morgan fingerprint density at radius 1 is 1.25 bits per heavy atom. The molecule has 0 spiro atoms. The fourth-order valence-electron chi connectivity index (χ4n) is 3.08. The zero-order valence-corrected chi connectivity index (χ0v) is 11.2. The van der Waals surface area contributed by atoms with Crippen LogP contribution in [0.5, 0.6) is 0 Å². The Labute approximate surface area is 117 Å². The molecule has 0 amide bonds. The lowest BCUT2D eigenvalue weighted by Crippen LogP contribution is -2.34. The third-order valence-electron chi connectivity index (χ3n) is 4.12. The number of rotatable bonds is 2. The average molecular weight is 271 g/mol. The van der Waals surface area contributed by atoms with Crippen molar-refractivity contribution in [1.82, 2.24) is 15.5 Å². The first kappa shape index (κ1) is 12.1. The standard InChI is InChI=1S/C15H17N3O2/c1-2-4-11-10(3-1)5-6-12(11)14-17-15(20-18-14)13-9-19-8-7-16-13/h1-4,12-13,16H,5-9H2. The van der Waals surface area contributed by atoms with Crippen LogP contribution in [0.3, 0.4) is 0 Å². The van der Waals surface area contributed by atoms with Gasteiger partial charge in [0.2, 0.25) is 5.89 Å². The Hall–Kier alpha value is -1.72. The second-order valence-electron chi connectivity index (χ2n) is 5.36. The molecule has 0 bridgehead atoms. The fourth-order valence-corrected chi connectivity index (χ4v) is 3.08. The molecule has 0 radical (unpaired) electrons. The minimum atomic E-state index is 0.0293. The fraction of sp³-hybridized carbons (Fsp3) is 0.467. The van der Waals surface area contributed by atoms with Crippen LogP contribution < -0.4 is 5.32 Å². The Morgan fingerprint density at radius 2 is 2.20 bits per heavy atom. The van der Waals surface area contributed by atoms with E-state index in [9.17, 15) is 0 Å². The zero-order chi connectivity index (χ0) is 13.4. The number of aryl methyl sites for hydroxylation is 1. The molecule has 2 unspecified atom stereocenters. The predicted molar refractivity (Wildman–Crippen MR) is 72.5 cm³/mol. The van der Waals surface area contributed by atoms with Gasteiger partial charge in [-0.1, -0.05) is 29.4 Å². The van der Waals surface area contributed by atoms with Gasteiger partial charge in [0.25, 0.3) is 0 Å². The van der Waals surface area contributed by atoms with Gasteiger partial charge in [-0.25, -0.2) is 0 Å². The molecular formula is C15H17N3O2. The summed E-state index contributed by atoms with van der Waals surface area (Å²) < 4.78 is 10.9. The van der Waals surface area contributed by atoms with E-state index < -0.39 is 0 Å². The number of hydrogen-bond acceptors (Lipinski definition) is 5. The number of nitrogens with zero attached hydrogens (tertiary/aromatic N) is 2. The lowest BCUT2D eigenvalue weighted by atomic mass is 10.0. The van der Waals surface area contributed by atoms with Crippen LogP contribution in [0.1, 0.15) is 41.2 Å². The zero-order valence-electron chi connectivity index (χ0n) is 11.2. The molecule has 2 aromatic rings. The first-order valence-corrected chi connectivity index (χ1v) is 7.14. The summed E-state index contributed by atoms with van der Waals surface area (Å²) in [5, 5.41) is 7.53. The maximum atomic E-state index is 5.44. The molecule has 2 aliphatic rings. The number of aromatic nitrogens is 2. The molecule has 4 rings (SSSR count). The number of nitrogens with one attached hydrogen (secondary N) is 1. The van der Waals surface area contributed by atoms with Crippen molar-refractivity contribution in [2.75, 3.05) is 19.8 Å². The number of benzene rings is 1. The smallest absolute Gasteiger partial charge is 0.246 e. The molecule has 104 valence electrons. The van der Waals surface area contributed by atoms with Crippen molar-refractivity contribution >= 4 is 0 Å². The van der Waals surface area contributed by atoms with Crippen molar-refractivity contribution in [3.63, 3.8) is 0 Å². The molecule has 1 aliphatic carbocycles. The van der Waals surface area contributed by atoms with E-state index in [2.05, 4.69) is 39.7 Å². The highest BCUT2D eigenvalue weighted by atomic mass is 16.5. The minimum Gasteiger partial charge on any atom is -0.378 e. The van der Waals surface area contributed by atoms with Gasteiger partial charge in [0.1, 0.15) is 6.04 Å². The highest BCUT2D eigenvalue weighted by molar-refractivity contribution is 5.38. The molecule has 20 heavy (non-hydrogen) atoms. The van der Waals surface area contributed by atoms with E-state index in [0.717, 1.165) is 31.8 Å². The van der Waals surface area contributed by atoms with Gasteiger partial charge in [-0.2, -0.15) is 4.98 Å².